The van der Waals surface area contributed by atoms with E-state index in [2.05, 4.69) is 93.0 Å². The number of carbonyl (C=O) groups is 1. The number of carbonyl (C=O) groups excluding carboxylic acids is 1. The van der Waals surface area contributed by atoms with Crippen molar-refractivity contribution in [2.75, 3.05) is 139 Å². The first-order valence-electron chi connectivity index (χ1n) is 40.0. The number of likely N-dealkylation sites (tertiary alicyclic amines) is 2. The lowest BCUT2D eigenvalue weighted by Gasteiger charge is -2.27. The van der Waals surface area contributed by atoms with E-state index in [-0.39, 0.29) is 17.1 Å². The molecule has 0 amide bonds. The number of pyridine rings is 3. The molecule has 8 aliphatic heterocycles. The minimum atomic E-state index is -3.67. The fraction of sp³-hybridized carbons (Fsp3) is 0.381. The van der Waals surface area contributed by atoms with Crippen molar-refractivity contribution in [3.63, 3.8) is 0 Å². The van der Waals surface area contributed by atoms with Crippen molar-refractivity contribution in [1.82, 2.24) is 69.6 Å². The molecule has 1 aliphatic carbocycles. The number of morpholine rings is 5. The molecule has 33 nitrogen and oxygen atoms in total. The molecule has 0 unspecified atom stereocenters. The SMILES string of the molecule is C1C[C@@H]2C[C@H]1CO2.CS(=O)(=O)O.CS(=O)(=O)O.Cl.F.O=Cc1cnc2oc3c(N4CCOCC4)nc(-c4cccc5[nH]ccc45)nc3c2c1.c1cc(-c2nc(N3CCOCC3)c3oc4ncc(CN5C[C@H]6C[C@@H]5CO6)cc4c3n2)c2cc[nH]c2c1.c1cc(-c2nc(N3CCOCC3)c3oc4ncc(CN5C[C@H]6C[C@@H]5CO6)cc4c3n2)c2cc[nH]c2c1. The van der Waals surface area contributed by atoms with Crippen LogP contribution in [0.4, 0.5) is 22.2 Å². The summed E-state index contributed by atoms with van der Waals surface area (Å²) in [5.41, 5.74) is 14.7. The molecule has 0 radical (unpaired) electrons. The van der Waals surface area contributed by atoms with Gasteiger partial charge >= 0.3 is 0 Å². The largest absolute Gasteiger partial charge is 0.432 e. The van der Waals surface area contributed by atoms with Gasteiger partial charge in [-0.15, -0.1) is 12.4 Å². The maximum Gasteiger partial charge on any atom is 0.261 e. The van der Waals surface area contributed by atoms with Crippen LogP contribution in [0.3, 0.4) is 0 Å². The number of fused-ring (bicyclic) bond motifs is 18. The number of halogens is 2. The first-order valence-corrected chi connectivity index (χ1v) is 43.7. The molecular weight excluding hydrogens is 1620 g/mol. The van der Waals surface area contributed by atoms with E-state index >= 15 is 0 Å². The average Bonchev–Trinajstić information content (AvgIpc) is 1.61. The summed E-state index contributed by atoms with van der Waals surface area (Å²) in [4.78, 5) is 76.5. The molecule has 0 spiro atoms. The molecule has 37 heteroatoms. The van der Waals surface area contributed by atoms with Gasteiger partial charge in [-0.25, -0.2) is 44.9 Å². The Balaban J connectivity index is 0.000000117. The Kier molecular flexibility index (Phi) is 23.8. The van der Waals surface area contributed by atoms with E-state index in [1.165, 1.54) is 36.6 Å². The minimum absolute atomic E-state index is 0. The molecule has 3 aromatic carbocycles. The van der Waals surface area contributed by atoms with Crippen LogP contribution in [0.1, 0.15) is 53.6 Å². The van der Waals surface area contributed by atoms with Gasteiger partial charge < -0.3 is 71.3 Å². The van der Waals surface area contributed by atoms with E-state index in [1.807, 2.05) is 67.4 Å². The summed E-state index contributed by atoms with van der Waals surface area (Å²) < 4.78 is 104. The molecule has 5 N–H and O–H groups in total. The first-order chi connectivity index (χ1) is 57.9. The third-order valence-electron chi connectivity index (χ3n) is 23.0. The molecule has 6 bridgehead atoms. The fourth-order valence-electron chi connectivity index (χ4n) is 17.5. The molecule has 8 saturated heterocycles. The van der Waals surface area contributed by atoms with Crippen LogP contribution in [-0.4, -0.2) is 257 Å². The Morgan fingerprint density at radius 3 is 1.12 bits per heavy atom. The zero-order chi connectivity index (χ0) is 81.0. The van der Waals surface area contributed by atoms with Crippen molar-refractivity contribution in [3.8, 4) is 34.2 Å². The summed E-state index contributed by atoms with van der Waals surface area (Å²) >= 11 is 0. The van der Waals surface area contributed by atoms with Gasteiger partial charge in [0.2, 0.25) is 17.1 Å². The van der Waals surface area contributed by atoms with Gasteiger partial charge in [-0.3, -0.25) is 28.4 Å². The number of aromatic nitrogens is 12. The van der Waals surface area contributed by atoms with Gasteiger partial charge in [0.1, 0.15) is 16.6 Å². The normalized spacial score (nSPS) is 20.8. The summed E-state index contributed by atoms with van der Waals surface area (Å²) in [6.07, 6.45) is 21.2. The van der Waals surface area contributed by atoms with Crippen molar-refractivity contribution in [1.29, 1.82) is 0 Å². The molecule has 9 fully saturated rings. The molecule has 121 heavy (non-hydrogen) atoms. The van der Waals surface area contributed by atoms with E-state index in [4.69, 9.17) is 90.6 Å². The number of nitrogens with one attached hydrogen (secondary N) is 3. The number of hydrogen-bond donors (Lipinski definition) is 5. The van der Waals surface area contributed by atoms with Crippen LogP contribution in [0, 0.1) is 5.92 Å². The highest BCUT2D eigenvalue weighted by Gasteiger charge is 2.41. The van der Waals surface area contributed by atoms with Crippen LogP contribution in [0.5, 0.6) is 0 Å². The second-order valence-electron chi connectivity index (χ2n) is 31.3. The topological polar surface area (TPSA) is 400 Å². The van der Waals surface area contributed by atoms with Crippen molar-refractivity contribution in [2.45, 2.75) is 75.6 Å². The number of hydrogen-bond acceptors (Lipinski definition) is 28. The van der Waals surface area contributed by atoms with Gasteiger partial charge in [0.15, 0.2) is 58.0 Å². The zero-order valence-electron chi connectivity index (χ0n) is 66.1. The second-order valence-corrected chi connectivity index (χ2v) is 34.2. The highest BCUT2D eigenvalue weighted by Crippen LogP contribution is 2.42. The Hall–Kier alpha value is -10.8. The lowest BCUT2D eigenvalue weighted by atomic mass is 10.1. The molecule has 15 aromatic rings. The monoisotopic (exact) mass is 1710 g/mol. The maximum atomic E-state index is 11.3. The van der Waals surface area contributed by atoms with E-state index in [0.29, 0.717) is 163 Å². The summed E-state index contributed by atoms with van der Waals surface area (Å²) in [7, 11) is -7.33. The summed E-state index contributed by atoms with van der Waals surface area (Å²) in [6, 6.07) is 31.7. The highest BCUT2D eigenvalue weighted by atomic mass is 35.5. The van der Waals surface area contributed by atoms with Gasteiger partial charge in [0.25, 0.3) is 20.2 Å². The van der Waals surface area contributed by atoms with Crippen molar-refractivity contribution >= 4 is 156 Å². The van der Waals surface area contributed by atoms with Crippen LogP contribution >= 0.6 is 12.4 Å². The van der Waals surface area contributed by atoms with Gasteiger partial charge in [0.05, 0.1) is 99.8 Å². The average molecular weight is 1710 g/mol. The van der Waals surface area contributed by atoms with Crippen LogP contribution in [0.25, 0.3) is 133 Å². The number of furan rings is 3. The lowest BCUT2D eigenvalue weighted by molar-refractivity contribution is 0.0272. The molecule has 1 saturated carbocycles. The van der Waals surface area contributed by atoms with E-state index < -0.39 is 20.2 Å². The fourth-order valence-corrected chi connectivity index (χ4v) is 17.5. The number of nitrogens with zero attached hydrogens (tertiary/aromatic N) is 14. The molecular formula is C84H89ClFN17O16S2. The van der Waals surface area contributed by atoms with E-state index in [1.54, 1.807) is 6.07 Å². The number of aromatic amines is 3. The van der Waals surface area contributed by atoms with Crippen molar-refractivity contribution < 1.29 is 77.1 Å². The third-order valence-corrected chi connectivity index (χ3v) is 23.0. The molecule has 20 heterocycles. The van der Waals surface area contributed by atoms with E-state index in [0.717, 1.165) is 186 Å². The minimum Gasteiger partial charge on any atom is -0.432 e. The van der Waals surface area contributed by atoms with Gasteiger partial charge in [-0.1, -0.05) is 36.4 Å². The van der Waals surface area contributed by atoms with Crippen molar-refractivity contribution in [2.24, 2.45) is 5.92 Å². The smallest absolute Gasteiger partial charge is 0.261 e. The number of anilines is 3. The van der Waals surface area contributed by atoms with Gasteiger partial charge in [-0.2, -0.15) is 16.8 Å². The quantitative estimate of drug-likeness (QED) is 0.0593. The summed E-state index contributed by atoms with van der Waals surface area (Å²) in [5, 5.41) is 5.81. The summed E-state index contributed by atoms with van der Waals surface area (Å²) in [6.45, 7) is 14.8. The van der Waals surface area contributed by atoms with Crippen LogP contribution in [0.2, 0.25) is 0 Å². The molecule has 9 aliphatic rings. The molecule has 12 aromatic heterocycles. The Bertz CT molecular complexity index is 6250. The molecule has 632 valence electrons. The van der Waals surface area contributed by atoms with Crippen LogP contribution in [-0.2, 0) is 61.7 Å². The standard InChI is InChI=1S/2C27H26N6O3.C22H17N5O3.C6H10O.2CH4O3S.ClH.FH/c2*1-2-20(19-4-5-28-22(19)3-1)25-30-23-21-10-16(13-33-14-18-11-17(33)15-35-18)12-29-27(21)36-24(23)26(31-25)32-6-8-34-9-7-32;28-12-13-10-16-18-19(30-22(16)24-11-13)21(27-6-8-29-9-7-27)26-20(25-18)15-2-1-3-17-14(15)4-5-23-17;1-2-6-3-5(1)4-7-6;2*1-5(2,3)4;;/h2*1-5,10,12,17-18,28H,6-9,11,13-15H2;1-5,10-12,23H,6-9H2;5-6H,1-4H2;2*1H3,(H,2,3,4);2*1H/t2*17-,18-;;5-,6+;;;;/m11.0..../s1. The highest BCUT2D eigenvalue weighted by molar-refractivity contribution is 7.85. The first kappa shape index (κ1) is 82.5. The van der Waals surface area contributed by atoms with Crippen molar-refractivity contribution in [3.05, 3.63) is 145 Å². The zero-order valence-corrected chi connectivity index (χ0v) is 68.6. The second kappa shape index (κ2) is 34.9. The third kappa shape index (κ3) is 17.7. The van der Waals surface area contributed by atoms with E-state index in [9.17, 15) is 21.6 Å². The Morgan fingerprint density at radius 1 is 0.455 bits per heavy atom. The Morgan fingerprint density at radius 2 is 0.818 bits per heavy atom. The maximum absolute atomic E-state index is 11.3. The molecule has 6 atom stereocenters. The number of H-pyrrole nitrogens is 3. The molecule has 24 rings (SSSR count). The predicted octanol–water partition coefficient (Wildman–Crippen LogP) is 11.8. The number of aldehydes is 1. The number of ether oxygens (including phenoxy) is 6. The predicted molar refractivity (Wildman–Crippen MR) is 457 cm³/mol. The van der Waals surface area contributed by atoms with Crippen LogP contribution < -0.4 is 14.7 Å². The lowest BCUT2D eigenvalue weighted by Crippen LogP contribution is -2.37. The number of benzene rings is 3. The summed E-state index contributed by atoms with van der Waals surface area (Å²) in [5.74, 6) is 5.27. The van der Waals surface area contributed by atoms with Gasteiger partial charge in [-0.05, 0) is 104 Å². The van der Waals surface area contributed by atoms with Gasteiger partial charge in [0, 0.05) is 176 Å². The Labute approximate surface area is 698 Å². The number of rotatable bonds is 11. The van der Waals surface area contributed by atoms with Crippen LogP contribution in [0.15, 0.2) is 141 Å².